The van der Waals surface area contributed by atoms with Crippen LogP contribution in [-0.2, 0) is 0 Å². The molecule has 1 saturated carbocycles. The van der Waals surface area contributed by atoms with Crippen molar-refractivity contribution in [2.24, 2.45) is 11.0 Å². The molecule has 1 aliphatic rings. The van der Waals surface area contributed by atoms with Gasteiger partial charge in [0.2, 0.25) is 0 Å². The molecule has 1 aliphatic carbocycles. The van der Waals surface area contributed by atoms with Gasteiger partial charge in [-0.25, -0.2) is 0 Å². The van der Waals surface area contributed by atoms with E-state index in [9.17, 15) is 0 Å². The van der Waals surface area contributed by atoms with Crippen LogP contribution in [0.15, 0.2) is 17.3 Å². The van der Waals surface area contributed by atoms with E-state index in [0.717, 1.165) is 18.0 Å². The van der Waals surface area contributed by atoms with E-state index in [4.69, 9.17) is 0 Å². The Bertz CT molecular complexity index is 206. The van der Waals surface area contributed by atoms with E-state index < -0.39 is 0 Å². The van der Waals surface area contributed by atoms with E-state index in [1.165, 1.54) is 31.4 Å². The maximum Gasteiger partial charge on any atom is 0.0534 e. The van der Waals surface area contributed by atoms with Gasteiger partial charge in [-0.15, -0.1) is 0 Å². The second-order valence-electron chi connectivity index (χ2n) is 4.17. The van der Waals surface area contributed by atoms with Crippen LogP contribution in [0, 0.1) is 5.92 Å². The normalized spacial score (nSPS) is 26.0. The van der Waals surface area contributed by atoms with Gasteiger partial charge in [-0.2, -0.15) is 5.10 Å². The molecular formula is C11H20N2. The first-order chi connectivity index (χ1) is 6.18. The third-order valence-electron chi connectivity index (χ3n) is 2.36. The molecule has 2 heteroatoms. The molecule has 1 unspecified atom stereocenters. The molecule has 2 nitrogen and oxygen atoms in total. The molecule has 0 spiro atoms. The van der Waals surface area contributed by atoms with Gasteiger partial charge in [-0.3, -0.25) is 0 Å². The number of hydrogen-bond donors (Lipinski definition) is 1. The molecule has 13 heavy (non-hydrogen) atoms. The Morgan fingerprint density at radius 2 is 2.46 bits per heavy atom. The summed E-state index contributed by atoms with van der Waals surface area (Å²) in [5.74, 6) is 0.819. The Balaban J connectivity index is 2.28. The second-order valence-corrected chi connectivity index (χ2v) is 4.17. The molecule has 0 aromatic rings. The van der Waals surface area contributed by atoms with Crippen LogP contribution in [0.25, 0.3) is 0 Å². The molecule has 1 atom stereocenters. The molecule has 74 valence electrons. The summed E-state index contributed by atoms with van der Waals surface area (Å²) in [6.07, 6.45) is 5.00. The van der Waals surface area contributed by atoms with E-state index in [-0.39, 0.29) is 0 Å². The molecule has 0 bridgehead atoms. The molecular weight excluding hydrogens is 160 g/mol. The smallest absolute Gasteiger partial charge is 0.0534 e. The highest BCUT2D eigenvalue weighted by molar-refractivity contribution is 5.85. The lowest BCUT2D eigenvalue weighted by molar-refractivity contribution is 0.497. The van der Waals surface area contributed by atoms with Crippen molar-refractivity contribution >= 4 is 5.71 Å². The van der Waals surface area contributed by atoms with Gasteiger partial charge < -0.3 is 5.43 Å². The lowest BCUT2D eigenvalue weighted by Gasteiger charge is -2.19. The molecule has 0 aromatic carbocycles. The minimum atomic E-state index is 0.803. The zero-order valence-corrected chi connectivity index (χ0v) is 8.77. The Labute approximate surface area is 81.1 Å². The number of nitrogens with zero attached hydrogens (tertiary/aromatic N) is 1. The third kappa shape index (κ3) is 4.11. The Morgan fingerprint density at radius 3 is 3.08 bits per heavy atom. The van der Waals surface area contributed by atoms with Gasteiger partial charge in [0.15, 0.2) is 0 Å². The first-order valence-electron chi connectivity index (χ1n) is 5.11. The number of rotatable bonds is 3. The second kappa shape index (κ2) is 5.05. The van der Waals surface area contributed by atoms with E-state index in [1.807, 2.05) is 6.92 Å². The number of hydrazone groups is 1. The van der Waals surface area contributed by atoms with Crippen LogP contribution < -0.4 is 5.43 Å². The minimum Gasteiger partial charge on any atom is -0.306 e. The van der Waals surface area contributed by atoms with Crippen LogP contribution in [0.5, 0.6) is 0 Å². The summed E-state index contributed by atoms with van der Waals surface area (Å²) in [4.78, 5) is 0. The van der Waals surface area contributed by atoms with Gasteiger partial charge in [-0.05, 0) is 38.5 Å². The molecule has 1 N–H and O–H groups in total. The molecule has 0 aromatic heterocycles. The molecule has 0 saturated heterocycles. The van der Waals surface area contributed by atoms with Crippen LogP contribution in [0.3, 0.4) is 0 Å². The quantitative estimate of drug-likeness (QED) is 0.524. The zero-order chi connectivity index (χ0) is 9.68. The van der Waals surface area contributed by atoms with Crippen LogP contribution >= 0.6 is 0 Å². The monoisotopic (exact) mass is 180 g/mol. The Hall–Kier alpha value is -0.790. The first kappa shape index (κ1) is 10.3. The molecule has 0 amide bonds. The van der Waals surface area contributed by atoms with E-state index in [1.54, 1.807) is 0 Å². The SMILES string of the molecule is C=C(C)CN/N=C1\CCCC(C)C1. The van der Waals surface area contributed by atoms with E-state index in [2.05, 4.69) is 24.0 Å². The van der Waals surface area contributed by atoms with E-state index in [0.29, 0.717) is 0 Å². The van der Waals surface area contributed by atoms with Crippen molar-refractivity contribution in [1.29, 1.82) is 0 Å². The summed E-state index contributed by atoms with van der Waals surface area (Å²) < 4.78 is 0. The van der Waals surface area contributed by atoms with Gasteiger partial charge in [0.1, 0.15) is 0 Å². The van der Waals surface area contributed by atoms with Gasteiger partial charge in [0.05, 0.1) is 6.54 Å². The van der Waals surface area contributed by atoms with E-state index >= 15 is 0 Å². The lowest BCUT2D eigenvalue weighted by atomic mass is 9.89. The molecule has 0 aliphatic heterocycles. The molecule has 0 heterocycles. The van der Waals surface area contributed by atoms with Gasteiger partial charge in [0, 0.05) is 5.71 Å². The van der Waals surface area contributed by atoms with Crippen molar-refractivity contribution in [3.8, 4) is 0 Å². The highest BCUT2D eigenvalue weighted by atomic mass is 15.3. The molecule has 0 radical (unpaired) electrons. The Morgan fingerprint density at radius 1 is 1.69 bits per heavy atom. The van der Waals surface area contributed by atoms with Crippen molar-refractivity contribution in [2.45, 2.75) is 39.5 Å². The van der Waals surface area contributed by atoms with Crippen LogP contribution in [0.4, 0.5) is 0 Å². The third-order valence-corrected chi connectivity index (χ3v) is 2.36. The summed E-state index contributed by atoms with van der Waals surface area (Å²) in [7, 11) is 0. The lowest BCUT2D eigenvalue weighted by Crippen LogP contribution is -2.17. The fourth-order valence-electron chi connectivity index (χ4n) is 1.65. The van der Waals surface area contributed by atoms with Gasteiger partial charge in [0.25, 0.3) is 0 Å². The van der Waals surface area contributed by atoms with Crippen LogP contribution in [-0.4, -0.2) is 12.3 Å². The Kier molecular flexibility index (Phi) is 4.00. The zero-order valence-electron chi connectivity index (χ0n) is 8.77. The minimum absolute atomic E-state index is 0.803. The predicted octanol–water partition coefficient (Wildman–Crippen LogP) is 2.72. The fourth-order valence-corrected chi connectivity index (χ4v) is 1.65. The van der Waals surface area contributed by atoms with Crippen LogP contribution in [0.2, 0.25) is 0 Å². The average Bonchev–Trinajstić information content (AvgIpc) is 2.03. The van der Waals surface area contributed by atoms with Gasteiger partial charge in [-0.1, -0.05) is 19.1 Å². The van der Waals surface area contributed by atoms with Crippen molar-refractivity contribution in [2.75, 3.05) is 6.54 Å². The number of nitrogens with one attached hydrogen (secondary N) is 1. The maximum atomic E-state index is 4.38. The number of hydrogen-bond acceptors (Lipinski definition) is 2. The standard InChI is InChI=1S/C11H20N2/c1-9(2)8-12-13-11-6-4-5-10(3)7-11/h10,12H,1,4-8H2,2-3H3/b13-11+. The topological polar surface area (TPSA) is 24.4 Å². The van der Waals surface area contributed by atoms with Crippen LogP contribution in [0.1, 0.15) is 39.5 Å². The molecule has 1 fully saturated rings. The van der Waals surface area contributed by atoms with Crippen molar-refractivity contribution in [1.82, 2.24) is 5.43 Å². The van der Waals surface area contributed by atoms with Gasteiger partial charge >= 0.3 is 0 Å². The highest BCUT2D eigenvalue weighted by Gasteiger charge is 2.13. The summed E-state index contributed by atoms with van der Waals surface area (Å²) >= 11 is 0. The van der Waals surface area contributed by atoms with Crippen molar-refractivity contribution in [3.63, 3.8) is 0 Å². The first-order valence-corrected chi connectivity index (χ1v) is 5.11. The summed E-state index contributed by atoms with van der Waals surface area (Å²) in [5.41, 5.74) is 5.53. The largest absolute Gasteiger partial charge is 0.306 e. The summed E-state index contributed by atoms with van der Waals surface area (Å²) in [6.45, 7) is 8.93. The maximum absolute atomic E-state index is 4.38. The summed E-state index contributed by atoms with van der Waals surface area (Å²) in [5, 5.41) is 4.38. The van der Waals surface area contributed by atoms with Crippen molar-refractivity contribution < 1.29 is 0 Å². The predicted molar refractivity (Wildman–Crippen MR) is 57.9 cm³/mol. The fraction of sp³-hybridized carbons (Fsp3) is 0.727. The highest BCUT2D eigenvalue weighted by Crippen LogP contribution is 2.20. The molecule has 1 rings (SSSR count). The average molecular weight is 180 g/mol. The summed E-state index contributed by atoms with van der Waals surface area (Å²) in [6, 6.07) is 0. The van der Waals surface area contributed by atoms with Crippen molar-refractivity contribution in [3.05, 3.63) is 12.2 Å².